The highest BCUT2D eigenvalue weighted by Crippen LogP contribution is 2.57. The van der Waals surface area contributed by atoms with Crippen LogP contribution in [0.1, 0.15) is 49.9 Å². The second kappa shape index (κ2) is 37.2. The molecule has 0 aromatic heterocycles. The van der Waals surface area contributed by atoms with E-state index in [4.69, 9.17) is 0 Å². The normalized spacial score (nSPS) is 12.5. The van der Waals surface area contributed by atoms with Gasteiger partial charge in [-0.05, 0) is 367 Å². The van der Waals surface area contributed by atoms with Crippen LogP contribution in [0.3, 0.4) is 0 Å². The minimum Gasteiger partial charge on any atom is -0.310 e. The van der Waals surface area contributed by atoms with Crippen LogP contribution in [0.5, 0.6) is 0 Å². The molecule has 0 radical (unpaired) electrons. The Morgan fingerprint density at radius 1 is 0.120 bits per heavy atom. The molecule has 0 unspecified atom stereocenters. The van der Waals surface area contributed by atoms with Gasteiger partial charge in [0.15, 0.2) is 0 Å². The van der Waals surface area contributed by atoms with E-state index >= 15 is 0 Å². The quantitative estimate of drug-likeness (QED) is 0.0794. The highest BCUT2D eigenvalue weighted by atomic mass is 15.2. The maximum atomic E-state index is 2.47. The van der Waals surface area contributed by atoms with Crippen LogP contribution in [0.15, 0.2) is 558 Å². The molecule has 0 spiro atoms. The van der Waals surface area contributed by atoms with Crippen LogP contribution in [0.25, 0.3) is 175 Å². The maximum Gasteiger partial charge on any atom is 0.0468 e. The number of rotatable bonds is 18. The molecule has 26 aromatic carbocycles. The van der Waals surface area contributed by atoms with Gasteiger partial charge in [-0.15, -0.1) is 0 Å². The van der Waals surface area contributed by atoms with Gasteiger partial charge in [0, 0.05) is 79.1 Å². The van der Waals surface area contributed by atoms with Gasteiger partial charge in [0.05, 0.1) is 0 Å². The molecule has 0 heterocycles. The lowest BCUT2D eigenvalue weighted by Gasteiger charge is -2.30. The first-order valence-electron chi connectivity index (χ1n) is 52.1. The number of benzene rings is 26. The lowest BCUT2D eigenvalue weighted by Crippen LogP contribution is -2.16. The van der Waals surface area contributed by atoms with E-state index in [1.165, 1.54) is 197 Å². The Kier molecular flexibility index (Phi) is 22.3. The smallest absolute Gasteiger partial charge is 0.0468 e. The second-order valence-electron chi connectivity index (χ2n) is 41.0. The predicted molar refractivity (Wildman–Crippen MR) is 639 cm³/mol. The number of hydrogen-bond donors (Lipinski definition) is 0. The lowest BCUT2D eigenvalue weighted by atomic mass is 9.82. The summed E-state index contributed by atoms with van der Waals surface area (Å²) in [7, 11) is 0. The van der Waals surface area contributed by atoms with Crippen LogP contribution in [0.4, 0.5) is 68.2 Å². The van der Waals surface area contributed by atoms with E-state index in [0.717, 1.165) is 68.2 Å². The highest BCUT2D eigenvalue weighted by molar-refractivity contribution is 6.26. The third-order valence-corrected chi connectivity index (χ3v) is 31.5. The fourth-order valence-electron chi connectivity index (χ4n) is 24.2. The molecule has 2 aliphatic rings. The van der Waals surface area contributed by atoms with Gasteiger partial charge in [-0.25, -0.2) is 0 Å². The summed E-state index contributed by atoms with van der Waals surface area (Å²) >= 11 is 0. The molecule has 26 aromatic rings. The summed E-state index contributed by atoms with van der Waals surface area (Å²) in [4.78, 5) is 9.70. The molecular weight excluding hydrogens is 1810 g/mol. The van der Waals surface area contributed by atoms with Gasteiger partial charge in [-0.3, -0.25) is 0 Å². The molecular formula is C146H104N4. The monoisotopic (exact) mass is 1910 g/mol. The van der Waals surface area contributed by atoms with Crippen molar-refractivity contribution < 1.29 is 0 Å². The number of anilines is 12. The van der Waals surface area contributed by atoms with Crippen molar-refractivity contribution in [2.24, 2.45) is 0 Å². The largest absolute Gasteiger partial charge is 0.310 e. The average molecular weight is 1910 g/mol. The molecule has 0 atom stereocenters. The molecule has 0 N–H and O–H groups in total. The summed E-state index contributed by atoms with van der Waals surface area (Å²) in [6.45, 7) is 9.48. The Morgan fingerprint density at radius 3 is 0.593 bits per heavy atom. The fourth-order valence-corrected chi connectivity index (χ4v) is 24.2. The second-order valence-corrected chi connectivity index (χ2v) is 41.0. The molecule has 2 aliphatic carbocycles. The zero-order valence-corrected chi connectivity index (χ0v) is 83.9. The van der Waals surface area contributed by atoms with Crippen molar-refractivity contribution in [2.75, 3.05) is 19.6 Å². The summed E-state index contributed by atoms with van der Waals surface area (Å²) < 4.78 is 0. The average Bonchev–Trinajstić information content (AvgIpc) is 1.14. The Balaban J connectivity index is 0.000000148. The first kappa shape index (κ1) is 89.8. The molecule has 0 saturated heterocycles. The molecule has 0 bridgehead atoms. The van der Waals surface area contributed by atoms with Gasteiger partial charge in [-0.1, -0.05) is 416 Å². The summed E-state index contributed by atoms with van der Waals surface area (Å²) in [5, 5.41) is 19.3. The van der Waals surface area contributed by atoms with Crippen LogP contribution in [0.2, 0.25) is 0 Å². The molecule has 150 heavy (non-hydrogen) atoms. The zero-order valence-electron chi connectivity index (χ0n) is 83.9. The van der Waals surface area contributed by atoms with E-state index in [1.54, 1.807) is 0 Å². The van der Waals surface area contributed by atoms with Crippen LogP contribution >= 0.6 is 0 Å². The van der Waals surface area contributed by atoms with E-state index in [-0.39, 0.29) is 10.8 Å². The Hall–Kier alpha value is -19.0. The number of nitrogens with zero attached hydrogens (tertiary/aromatic N) is 4. The fraction of sp³-hybridized carbons (Fsp3) is 0.0411. The molecule has 0 fully saturated rings. The minimum absolute atomic E-state index is 0.150. The zero-order chi connectivity index (χ0) is 100. The molecule has 0 amide bonds. The van der Waals surface area contributed by atoms with Crippen molar-refractivity contribution in [1.29, 1.82) is 0 Å². The van der Waals surface area contributed by atoms with Gasteiger partial charge in [-0.2, -0.15) is 0 Å². The molecule has 4 heteroatoms. The Labute approximate surface area is 875 Å². The summed E-state index contributed by atoms with van der Waals surface area (Å²) in [6.07, 6.45) is 0. The van der Waals surface area contributed by atoms with E-state index in [2.05, 4.69) is 605 Å². The minimum atomic E-state index is -0.150. The summed E-state index contributed by atoms with van der Waals surface area (Å²) in [6, 6.07) is 206. The van der Waals surface area contributed by atoms with E-state index in [1.807, 2.05) is 0 Å². The van der Waals surface area contributed by atoms with Gasteiger partial charge < -0.3 is 19.6 Å². The van der Waals surface area contributed by atoms with Crippen molar-refractivity contribution in [3.05, 3.63) is 580 Å². The first-order valence-corrected chi connectivity index (χ1v) is 52.1. The summed E-state index contributed by atoms with van der Waals surface area (Å²) in [5.41, 5.74) is 37.9. The lowest BCUT2D eigenvalue weighted by molar-refractivity contribution is 0.660. The summed E-state index contributed by atoms with van der Waals surface area (Å²) in [5.74, 6) is 0. The van der Waals surface area contributed by atoms with E-state index in [0.29, 0.717) is 0 Å². The van der Waals surface area contributed by atoms with Crippen LogP contribution in [0, 0.1) is 0 Å². The molecule has 0 saturated carbocycles. The van der Waals surface area contributed by atoms with Crippen molar-refractivity contribution in [1.82, 2.24) is 0 Å². The van der Waals surface area contributed by atoms with Crippen molar-refractivity contribution in [3.8, 4) is 89.0 Å². The topological polar surface area (TPSA) is 13.0 Å². The molecule has 0 aliphatic heterocycles. The number of para-hydroxylation sites is 4. The van der Waals surface area contributed by atoms with E-state index < -0.39 is 0 Å². The number of hydrogen-bond acceptors (Lipinski definition) is 4. The predicted octanol–water partition coefficient (Wildman–Crippen LogP) is 41.1. The SMILES string of the molecule is CC1(C)c2ccccc2-c2ccc(N(c3ccccc3)c3ccc4c(-c5ccc6ccccc6c5)c5cc(N(c6ccccc6)c6ccc7c(c6)C(C)(C)c6ccccc6-7)ccc5c(-c5ccc6ccccc6c5)c4c3)cc21.c1ccc(-c2ccc(N(c3ccccc3)c3ccc4c(-c5ccc6ccccc6c5)c5cc(N(c6ccccc6)c6ccc(-c7ccccc7)cc6)ccc5c(-c5ccc6ccccc6c5)c4c3)cc2)cc1. The van der Waals surface area contributed by atoms with Crippen LogP contribution in [-0.4, -0.2) is 0 Å². The molecule has 4 nitrogen and oxygen atoms in total. The van der Waals surface area contributed by atoms with Crippen molar-refractivity contribution in [2.45, 2.75) is 38.5 Å². The van der Waals surface area contributed by atoms with Crippen molar-refractivity contribution >= 4 is 154 Å². The Bertz CT molecular complexity index is 9180. The molecule has 28 rings (SSSR count). The maximum absolute atomic E-state index is 2.47. The Morgan fingerprint density at radius 2 is 0.313 bits per heavy atom. The van der Waals surface area contributed by atoms with Crippen LogP contribution < -0.4 is 19.6 Å². The third-order valence-electron chi connectivity index (χ3n) is 31.5. The van der Waals surface area contributed by atoms with Gasteiger partial charge in [0.1, 0.15) is 0 Å². The van der Waals surface area contributed by atoms with Gasteiger partial charge in [0.2, 0.25) is 0 Å². The van der Waals surface area contributed by atoms with Crippen molar-refractivity contribution in [3.63, 3.8) is 0 Å². The van der Waals surface area contributed by atoms with E-state index in [9.17, 15) is 0 Å². The molecule has 708 valence electrons. The van der Waals surface area contributed by atoms with Gasteiger partial charge in [0.25, 0.3) is 0 Å². The number of fused-ring (bicyclic) bond motifs is 14. The standard InChI is InChI=1S/C76H56N2.C70H48N2/c1-75(2)69-29-17-15-27-61(69)63-39-35-59(47-71(63)75)77(55-23-7-5-8-24-55)57-37-41-65-67(45-57)73(53-33-31-49-19-11-13-21-51(49)43-53)66-42-38-58(46-68(66)74(65)54-34-32-50-20-12-14-22-52(50)44-54)78(56-25-9-6-10-26-56)60-36-40-64-62-28-16-18-30-70(62)76(3,4)72(64)48-60;1-5-17-49(18-6-1)53-33-37-61(38-34-53)71(59-25-9-3-10-26-59)63-41-43-65-67(47-63)69(57-31-29-51-21-13-15-23-55(51)45-57)66-44-42-64(48-68(66)70(65)58-32-30-52-22-14-16-24-56(52)46-58)72(60-27-11-4-12-28-60)62-39-35-54(36-40-62)50-19-7-2-8-20-50/h5-48H,1-4H3;1-48H. The first-order chi connectivity index (χ1) is 73.9. The van der Waals surface area contributed by atoms with Gasteiger partial charge >= 0.3 is 0 Å². The van der Waals surface area contributed by atoms with Crippen LogP contribution in [-0.2, 0) is 10.8 Å². The third kappa shape index (κ3) is 15.9. The highest BCUT2D eigenvalue weighted by Gasteiger charge is 2.39.